The first-order valence-corrected chi connectivity index (χ1v) is 8.82. The number of hydrogen-bond acceptors (Lipinski definition) is 5. The molecule has 26 heavy (non-hydrogen) atoms. The average Bonchev–Trinajstić information content (AvgIpc) is 2.66. The summed E-state index contributed by atoms with van der Waals surface area (Å²) in [5, 5.41) is 0. The van der Waals surface area contributed by atoms with Gasteiger partial charge in [-0.05, 0) is 30.3 Å². The monoisotopic (exact) mass is 354 g/mol. The number of amides is 1. The van der Waals surface area contributed by atoms with E-state index in [0.29, 0.717) is 31.1 Å². The summed E-state index contributed by atoms with van der Waals surface area (Å²) in [7, 11) is 1.61. The van der Waals surface area contributed by atoms with Crippen molar-refractivity contribution in [1.29, 1.82) is 0 Å². The van der Waals surface area contributed by atoms with Crippen LogP contribution in [-0.4, -0.2) is 54.3 Å². The number of aromatic nitrogens is 1. The van der Waals surface area contributed by atoms with Crippen molar-refractivity contribution < 1.29 is 19.0 Å². The number of carbonyl (C=O) groups is 1. The Bertz CT molecular complexity index is 757. The molecule has 3 heterocycles. The van der Waals surface area contributed by atoms with Crippen LogP contribution in [-0.2, 0) is 4.74 Å². The Morgan fingerprint density at radius 1 is 1.23 bits per heavy atom. The van der Waals surface area contributed by atoms with Crippen LogP contribution in [0.4, 0.5) is 0 Å². The summed E-state index contributed by atoms with van der Waals surface area (Å²) in [5.41, 5.74) is 0.373. The van der Waals surface area contributed by atoms with Crippen LogP contribution in [0, 0.1) is 0 Å². The van der Waals surface area contributed by atoms with Gasteiger partial charge in [0.2, 0.25) is 5.88 Å². The fourth-order valence-electron chi connectivity index (χ4n) is 3.60. The van der Waals surface area contributed by atoms with Gasteiger partial charge in [0, 0.05) is 30.7 Å². The molecular formula is C20H22N2O4. The SMILES string of the molecule is COc1ccc(C(=O)N2CC3(C[C@H](Oc4ccccn4)CCO3)C2)cc1. The average molecular weight is 354 g/mol. The Morgan fingerprint density at radius 3 is 2.73 bits per heavy atom. The van der Waals surface area contributed by atoms with Gasteiger partial charge in [0.1, 0.15) is 17.5 Å². The summed E-state index contributed by atoms with van der Waals surface area (Å²) in [6, 6.07) is 12.8. The topological polar surface area (TPSA) is 60.9 Å². The van der Waals surface area contributed by atoms with Crippen LogP contribution in [0.5, 0.6) is 11.6 Å². The fraction of sp³-hybridized carbons (Fsp3) is 0.400. The maximum atomic E-state index is 12.6. The highest BCUT2D eigenvalue weighted by molar-refractivity contribution is 5.95. The summed E-state index contributed by atoms with van der Waals surface area (Å²) in [6.45, 7) is 1.84. The summed E-state index contributed by atoms with van der Waals surface area (Å²) >= 11 is 0. The van der Waals surface area contributed by atoms with Crippen LogP contribution in [0.1, 0.15) is 23.2 Å². The van der Waals surface area contributed by atoms with E-state index in [1.807, 2.05) is 23.1 Å². The summed E-state index contributed by atoms with van der Waals surface area (Å²) in [6.07, 6.45) is 3.40. The number of benzene rings is 1. The number of carbonyl (C=O) groups excluding carboxylic acids is 1. The van der Waals surface area contributed by atoms with E-state index >= 15 is 0 Å². The third kappa shape index (κ3) is 3.37. The molecule has 0 radical (unpaired) electrons. The molecule has 0 bridgehead atoms. The van der Waals surface area contributed by atoms with Crippen molar-refractivity contribution in [2.24, 2.45) is 0 Å². The Morgan fingerprint density at radius 2 is 2.04 bits per heavy atom. The van der Waals surface area contributed by atoms with Crippen molar-refractivity contribution in [3.05, 3.63) is 54.2 Å². The van der Waals surface area contributed by atoms with Crippen molar-refractivity contribution in [1.82, 2.24) is 9.88 Å². The van der Waals surface area contributed by atoms with Crippen LogP contribution in [0.15, 0.2) is 48.7 Å². The minimum atomic E-state index is -0.292. The second kappa shape index (κ2) is 6.96. The zero-order chi connectivity index (χ0) is 18.0. The number of nitrogens with zero attached hydrogens (tertiary/aromatic N) is 2. The van der Waals surface area contributed by atoms with Crippen molar-refractivity contribution in [2.45, 2.75) is 24.5 Å². The summed E-state index contributed by atoms with van der Waals surface area (Å²) < 4.78 is 17.1. The molecule has 2 fully saturated rings. The van der Waals surface area contributed by atoms with Crippen molar-refractivity contribution in [3.8, 4) is 11.6 Å². The lowest BCUT2D eigenvalue weighted by molar-refractivity contribution is -0.174. The number of hydrogen-bond donors (Lipinski definition) is 0. The molecule has 2 saturated heterocycles. The standard InChI is InChI=1S/C20H22N2O4/c1-24-16-7-5-15(6-8-16)19(23)22-13-20(14-22)12-17(9-11-25-20)26-18-4-2-3-10-21-18/h2-8,10,17H,9,11-14H2,1H3/t17-/m1/s1. The van der Waals surface area contributed by atoms with Gasteiger partial charge < -0.3 is 19.1 Å². The molecule has 2 aliphatic heterocycles. The molecule has 6 heteroatoms. The van der Waals surface area contributed by atoms with E-state index in [2.05, 4.69) is 4.98 Å². The first kappa shape index (κ1) is 16.8. The lowest BCUT2D eigenvalue weighted by atomic mass is 9.84. The van der Waals surface area contributed by atoms with Crippen LogP contribution in [0.3, 0.4) is 0 Å². The molecule has 136 valence electrons. The van der Waals surface area contributed by atoms with Crippen LogP contribution < -0.4 is 9.47 Å². The van der Waals surface area contributed by atoms with Gasteiger partial charge in [-0.3, -0.25) is 4.79 Å². The van der Waals surface area contributed by atoms with E-state index in [1.54, 1.807) is 37.6 Å². The van der Waals surface area contributed by atoms with Gasteiger partial charge in [-0.2, -0.15) is 0 Å². The lowest BCUT2D eigenvalue weighted by Crippen LogP contribution is -2.67. The maximum absolute atomic E-state index is 12.6. The first-order valence-electron chi connectivity index (χ1n) is 8.82. The van der Waals surface area contributed by atoms with Crippen LogP contribution in [0.2, 0.25) is 0 Å². The molecule has 1 amide bonds. The number of ether oxygens (including phenoxy) is 3. The largest absolute Gasteiger partial charge is 0.497 e. The Labute approximate surface area is 152 Å². The second-order valence-corrected chi connectivity index (χ2v) is 6.82. The van der Waals surface area contributed by atoms with Crippen molar-refractivity contribution in [3.63, 3.8) is 0 Å². The molecule has 1 aromatic heterocycles. The molecule has 1 spiro atoms. The van der Waals surface area contributed by atoms with E-state index in [-0.39, 0.29) is 17.6 Å². The number of pyridine rings is 1. The third-order valence-electron chi connectivity index (χ3n) is 4.96. The quantitative estimate of drug-likeness (QED) is 0.844. The predicted octanol–water partition coefficient (Wildman–Crippen LogP) is 2.54. The van der Waals surface area contributed by atoms with Crippen molar-refractivity contribution in [2.75, 3.05) is 26.8 Å². The molecule has 4 rings (SSSR count). The first-order chi connectivity index (χ1) is 12.7. The Hall–Kier alpha value is -2.60. The molecular weight excluding hydrogens is 332 g/mol. The molecule has 1 atom stereocenters. The van der Waals surface area contributed by atoms with Gasteiger partial charge in [0.05, 0.1) is 26.8 Å². The van der Waals surface area contributed by atoms with Gasteiger partial charge in [-0.25, -0.2) is 4.98 Å². The number of likely N-dealkylation sites (tertiary alicyclic amines) is 1. The summed E-state index contributed by atoms with van der Waals surface area (Å²) in [4.78, 5) is 18.7. The fourth-order valence-corrected chi connectivity index (χ4v) is 3.60. The summed E-state index contributed by atoms with van der Waals surface area (Å²) in [5.74, 6) is 1.40. The molecule has 0 saturated carbocycles. The molecule has 2 aromatic rings. The molecule has 0 unspecified atom stereocenters. The van der Waals surface area contributed by atoms with Crippen molar-refractivity contribution >= 4 is 5.91 Å². The maximum Gasteiger partial charge on any atom is 0.254 e. The van der Waals surface area contributed by atoms with Crippen LogP contribution >= 0.6 is 0 Å². The third-order valence-corrected chi connectivity index (χ3v) is 4.96. The minimum Gasteiger partial charge on any atom is -0.497 e. The van der Waals surface area contributed by atoms with Crippen LogP contribution in [0.25, 0.3) is 0 Å². The highest BCUT2D eigenvalue weighted by Crippen LogP contribution is 2.36. The minimum absolute atomic E-state index is 0.0228. The highest BCUT2D eigenvalue weighted by Gasteiger charge is 2.50. The lowest BCUT2D eigenvalue weighted by Gasteiger charge is -2.52. The molecule has 6 nitrogen and oxygen atoms in total. The number of methoxy groups -OCH3 is 1. The van der Waals surface area contributed by atoms with Gasteiger partial charge >= 0.3 is 0 Å². The predicted molar refractivity (Wildman–Crippen MR) is 95.5 cm³/mol. The normalized spacial score (nSPS) is 21.1. The Balaban J connectivity index is 1.35. The zero-order valence-electron chi connectivity index (χ0n) is 14.8. The van der Waals surface area contributed by atoms with E-state index in [1.165, 1.54) is 0 Å². The van der Waals surface area contributed by atoms with Gasteiger partial charge in [-0.15, -0.1) is 0 Å². The molecule has 2 aliphatic rings. The molecule has 0 aliphatic carbocycles. The Kier molecular flexibility index (Phi) is 4.51. The van der Waals surface area contributed by atoms with Gasteiger partial charge in [0.15, 0.2) is 0 Å². The van der Waals surface area contributed by atoms with E-state index in [4.69, 9.17) is 14.2 Å². The zero-order valence-corrected chi connectivity index (χ0v) is 14.8. The second-order valence-electron chi connectivity index (χ2n) is 6.82. The number of rotatable bonds is 4. The van der Waals surface area contributed by atoms with E-state index < -0.39 is 0 Å². The highest BCUT2D eigenvalue weighted by atomic mass is 16.5. The molecule has 1 aromatic carbocycles. The van der Waals surface area contributed by atoms with E-state index in [0.717, 1.165) is 18.6 Å². The van der Waals surface area contributed by atoms with Gasteiger partial charge in [-0.1, -0.05) is 6.07 Å². The molecule has 0 N–H and O–H groups in total. The van der Waals surface area contributed by atoms with Gasteiger partial charge in [0.25, 0.3) is 5.91 Å². The van der Waals surface area contributed by atoms with E-state index in [9.17, 15) is 4.79 Å². The smallest absolute Gasteiger partial charge is 0.254 e.